The summed E-state index contributed by atoms with van der Waals surface area (Å²) in [5.74, 6) is -0.220. The molecule has 2 aromatic rings. The second-order valence-electron chi connectivity index (χ2n) is 6.68. The zero-order valence-electron chi connectivity index (χ0n) is 14.5. The Morgan fingerprint density at radius 3 is 2.76 bits per heavy atom. The van der Waals surface area contributed by atoms with Gasteiger partial charge in [0.2, 0.25) is 0 Å². The third-order valence-electron chi connectivity index (χ3n) is 4.86. The number of rotatable bonds is 4. The molecule has 1 atom stereocenters. The van der Waals surface area contributed by atoms with E-state index in [0.717, 1.165) is 36.3 Å². The van der Waals surface area contributed by atoms with Gasteiger partial charge in [-0.2, -0.15) is 5.26 Å². The van der Waals surface area contributed by atoms with Crippen molar-refractivity contribution in [3.05, 3.63) is 63.9 Å². The maximum Gasteiger partial charge on any atom is 0.123 e. The summed E-state index contributed by atoms with van der Waals surface area (Å²) in [5, 5.41) is 9.55. The largest absolute Gasteiger partial charge is 0.363 e. The van der Waals surface area contributed by atoms with Gasteiger partial charge in [-0.05, 0) is 68.4 Å². The molecule has 0 N–H and O–H groups in total. The summed E-state index contributed by atoms with van der Waals surface area (Å²) in [6, 6.07) is 12.9. The monoisotopic (exact) mass is 357 g/mol. The Kier molecular flexibility index (Phi) is 5.27. The van der Waals surface area contributed by atoms with Crippen molar-refractivity contribution in [2.45, 2.75) is 25.9 Å². The van der Waals surface area contributed by atoms with E-state index in [9.17, 15) is 4.39 Å². The van der Waals surface area contributed by atoms with Crippen LogP contribution in [0.5, 0.6) is 0 Å². The Labute approximate surface area is 153 Å². The van der Waals surface area contributed by atoms with Crippen LogP contribution in [-0.4, -0.2) is 31.1 Å². The number of anilines is 1. The molecule has 130 valence electrons. The lowest BCUT2D eigenvalue weighted by Gasteiger charge is -2.32. The average Bonchev–Trinajstić information content (AvgIpc) is 3.01. The molecule has 0 aliphatic carbocycles. The van der Waals surface area contributed by atoms with Gasteiger partial charge >= 0.3 is 0 Å². The first kappa shape index (κ1) is 17.7. The van der Waals surface area contributed by atoms with Crippen molar-refractivity contribution in [2.75, 3.05) is 25.0 Å². The van der Waals surface area contributed by atoms with E-state index in [4.69, 9.17) is 16.9 Å². The van der Waals surface area contributed by atoms with E-state index in [1.54, 1.807) is 12.1 Å². The number of nitriles is 1. The van der Waals surface area contributed by atoms with E-state index in [1.165, 1.54) is 6.07 Å². The minimum absolute atomic E-state index is 0.220. The van der Waals surface area contributed by atoms with E-state index in [2.05, 4.69) is 22.9 Å². The molecule has 0 spiro atoms. The maximum absolute atomic E-state index is 13.7. The van der Waals surface area contributed by atoms with Gasteiger partial charge in [0.15, 0.2) is 0 Å². The molecule has 1 heterocycles. The number of likely N-dealkylation sites (N-methyl/N-ethyl adjacent to an activating group) is 1. The number of nitrogens with zero attached hydrogens (tertiary/aromatic N) is 3. The van der Waals surface area contributed by atoms with Gasteiger partial charge in [0.25, 0.3) is 0 Å². The Bertz CT molecular complexity index is 815. The highest BCUT2D eigenvalue weighted by Gasteiger charge is 2.27. The number of benzene rings is 2. The molecule has 0 amide bonds. The van der Waals surface area contributed by atoms with Crippen LogP contribution in [0, 0.1) is 24.1 Å². The molecule has 1 aliphatic rings. The van der Waals surface area contributed by atoms with E-state index in [1.807, 2.05) is 25.1 Å². The van der Waals surface area contributed by atoms with Crippen LogP contribution in [0.1, 0.15) is 23.1 Å². The molecule has 1 saturated heterocycles. The zero-order valence-corrected chi connectivity index (χ0v) is 15.2. The summed E-state index contributed by atoms with van der Waals surface area (Å²) in [6.07, 6.45) is 1.04. The summed E-state index contributed by atoms with van der Waals surface area (Å²) in [7, 11) is 2.11. The van der Waals surface area contributed by atoms with Gasteiger partial charge in [-0.1, -0.05) is 17.7 Å². The second kappa shape index (κ2) is 7.43. The lowest BCUT2D eigenvalue weighted by Crippen LogP contribution is -2.37. The Balaban J connectivity index is 1.97. The number of halogens is 2. The average molecular weight is 358 g/mol. The highest BCUT2D eigenvalue weighted by molar-refractivity contribution is 6.32. The Hall–Kier alpha value is -2.09. The van der Waals surface area contributed by atoms with Crippen molar-refractivity contribution in [1.82, 2.24) is 4.90 Å². The molecular weight excluding hydrogens is 337 g/mol. The summed E-state index contributed by atoms with van der Waals surface area (Å²) in [4.78, 5) is 4.57. The summed E-state index contributed by atoms with van der Waals surface area (Å²) in [6.45, 7) is 4.60. The van der Waals surface area contributed by atoms with Crippen molar-refractivity contribution in [3.63, 3.8) is 0 Å². The molecule has 0 radical (unpaired) electrons. The summed E-state index contributed by atoms with van der Waals surface area (Å²) >= 11 is 6.25. The van der Waals surface area contributed by atoms with Gasteiger partial charge in [-0.3, -0.25) is 0 Å². The predicted molar refractivity (Wildman–Crippen MR) is 99.4 cm³/mol. The summed E-state index contributed by atoms with van der Waals surface area (Å²) < 4.78 is 13.7. The van der Waals surface area contributed by atoms with Gasteiger partial charge in [0.05, 0.1) is 10.6 Å². The molecule has 2 aromatic carbocycles. The molecule has 25 heavy (non-hydrogen) atoms. The van der Waals surface area contributed by atoms with E-state index < -0.39 is 0 Å². The van der Waals surface area contributed by atoms with Gasteiger partial charge in [-0.15, -0.1) is 0 Å². The fourth-order valence-corrected chi connectivity index (χ4v) is 3.58. The van der Waals surface area contributed by atoms with Crippen molar-refractivity contribution in [1.29, 1.82) is 5.26 Å². The molecule has 1 fully saturated rings. The SMILES string of the molecule is Cc1ccc(F)cc1CN(c1ccc(C#N)c(Cl)c1)[C@H]1CCN(C)C1. The van der Waals surface area contributed by atoms with E-state index >= 15 is 0 Å². The maximum atomic E-state index is 13.7. The highest BCUT2D eigenvalue weighted by atomic mass is 35.5. The van der Waals surface area contributed by atoms with Crippen LogP contribution in [0.15, 0.2) is 36.4 Å². The lowest BCUT2D eigenvalue weighted by molar-refractivity contribution is 0.407. The quantitative estimate of drug-likeness (QED) is 0.814. The molecule has 3 nitrogen and oxygen atoms in total. The van der Waals surface area contributed by atoms with E-state index in [-0.39, 0.29) is 5.82 Å². The molecule has 0 bridgehead atoms. The molecule has 3 rings (SSSR count). The number of likely N-dealkylation sites (tertiary alicyclic amines) is 1. The first-order chi connectivity index (χ1) is 12.0. The molecule has 0 saturated carbocycles. The number of aryl methyl sites for hydroxylation is 1. The summed E-state index contributed by atoms with van der Waals surface area (Å²) in [5.41, 5.74) is 3.47. The van der Waals surface area contributed by atoms with Crippen molar-refractivity contribution >= 4 is 17.3 Å². The fraction of sp³-hybridized carbons (Fsp3) is 0.350. The minimum atomic E-state index is -0.220. The van der Waals surface area contributed by atoms with Crippen molar-refractivity contribution in [3.8, 4) is 6.07 Å². The van der Waals surface area contributed by atoms with Gasteiger partial charge in [0.1, 0.15) is 11.9 Å². The van der Waals surface area contributed by atoms with Crippen LogP contribution in [0.3, 0.4) is 0 Å². The molecule has 5 heteroatoms. The third kappa shape index (κ3) is 3.95. The predicted octanol–water partition coefficient (Wildman–Crippen LogP) is 4.37. The molecule has 0 unspecified atom stereocenters. The van der Waals surface area contributed by atoms with Crippen LogP contribution < -0.4 is 4.90 Å². The van der Waals surface area contributed by atoms with Gasteiger partial charge in [0, 0.05) is 24.8 Å². The number of hydrogen-bond acceptors (Lipinski definition) is 3. The third-order valence-corrected chi connectivity index (χ3v) is 5.18. The van der Waals surface area contributed by atoms with Crippen LogP contribution >= 0.6 is 11.6 Å². The zero-order chi connectivity index (χ0) is 18.0. The molecule has 0 aromatic heterocycles. The van der Waals surface area contributed by atoms with E-state index in [0.29, 0.717) is 23.2 Å². The standard InChI is InChI=1S/C20H21ClFN3/c1-14-3-5-17(22)9-16(14)12-25(19-7-8-24(2)13-19)18-6-4-15(11-23)20(21)10-18/h3-6,9-10,19H,7-8,12-13H2,1-2H3/t19-/m0/s1. The van der Waals surface area contributed by atoms with Crippen LogP contribution in [0.4, 0.5) is 10.1 Å². The smallest absolute Gasteiger partial charge is 0.123 e. The van der Waals surface area contributed by atoms with Crippen molar-refractivity contribution in [2.24, 2.45) is 0 Å². The van der Waals surface area contributed by atoms with Crippen molar-refractivity contribution < 1.29 is 4.39 Å². The fourth-order valence-electron chi connectivity index (χ4n) is 3.36. The Morgan fingerprint density at radius 2 is 2.12 bits per heavy atom. The topological polar surface area (TPSA) is 30.3 Å². The first-order valence-electron chi connectivity index (χ1n) is 8.38. The van der Waals surface area contributed by atoms with Crippen LogP contribution in [-0.2, 0) is 6.54 Å². The van der Waals surface area contributed by atoms with Gasteiger partial charge in [-0.25, -0.2) is 4.39 Å². The lowest BCUT2D eigenvalue weighted by atomic mass is 10.1. The van der Waals surface area contributed by atoms with Gasteiger partial charge < -0.3 is 9.80 Å². The van der Waals surface area contributed by atoms with Crippen LogP contribution in [0.25, 0.3) is 0 Å². The minimum Gasteiger partial charge on any atom is -0.363 e. The molecular formula is C20H21ClFN3. The first-order valence-corrected chi connectivity index (χ1v) is 8.75. The normalized spacial score (nSPS) is 17.5. The highest BCUT2D eigenvalue weighted by Crippen LogP contribution is 2.29. The van der Waals surface area contributed by atoms with Crippen LogP contribution in [0.2, 0.25) is 5.02 Å². The second-order valence-corrected chi connectivity index (χ2v) is 7.09. The molecule has 1 aliphatic heterocycles. The number of hydrogen-bond donors (Lipinski definition) is 0. The Morgan fingerprint density at radius 1 is 1.32 bits per heavy atom.